The maximum Gasteiger partial charge on any atom is 0.326 e. The molecule has 0 aliphatic carbocycles. The minimum absolute atomic E-state index is 0.0859. The van der Waals surface area contributed by atoms with Gasteiger partial charge in [-0.05, 0) is 50.1 Å². The molecule has 0 aliphatic heterocycles. The Labute approximate surface area is 170 Å². The van der Waals surface area contributed by atoms with Crippen LogP contribution in [0.5, 0.6) is 0 Å². The van der Waals surface area contributed by atoms with Gasteiger partial charge in [-0.3, -0.25) is 19.7 Å². The molecule has 1 aromatic heterocycles. The molecule has 0 N–H and O–H groups in total. The molecule has 0 radical (unpaired) electrons. The second kappa shape index (κ2) is 8.36. The van der Waals surface area contributed by atoms with Crippen LogP contribution in [0.4, 0.5) is 5.69 Å². The number of nitrogens with zero attached hydrogens (tertiary/aromatic N) is 3. The van der Waals surface area contributed by atoms with Crippen LogP contribution >= 0.6 is 11.3 Å². The number of esters is 1. The highest BCUT2D eigenvalue weighted by molar-refractivity contribution is 7.16. The fourth-order valence-electron chi connectivity index (χ4n) is 2.80. The van der Waals surface area contributed by atoms with Gasteiger partial charge < -0.3 is 9.30 Å². The lowest BCUT2D eigenvalue weighted by Crippen LogP contribution is -2.23. The van der Waals surface area contributed by atoms with E-state index < -0.39 is 16.8 Å². The number of hydrogen-bond donors (Lipinski definition) is 0. The second-order valence-electron chi connectivity index (χ2n) is 6.40. The Morgan fingerprint density at radius 2 is 1.93 bits per heavy atom. The summed E-state index contributed by atoms with van der Waals surface area (Å²) >= 11 is 1.27. The number of rotatable bonds is 5. The highest BCUT2D eigenvalue weighted by atomic mass is 32.1. The van der Waals surface area contributed by atoms with Gasteiger partial charge in [-0.15, -0.1) is 0 Å². The average molecular weight is 413 g/mol. The molecule has 8 nitrogen and oxygen atoms in total. The van der Waals surface area contributed by atoms with Crippen LogP contribution in [-0.2, 0) is 16.1 Å². The summed E-state index contributed by atoms with van der Waals surface area (Å²) in [5.74, 6) is -1.05. The first kappa shape index (κ1) is 20.4. The number of non-ortho nitro benzene ring substituents is 1. The van der Waals surface area contributed by atoms with Crippen molar-refractivity contribution in [3.8, 4) is 0 Å². The molecular weight excluding hydrogens is 394 g/mol. The van der Waals surface area contributed by atoms with E-state index in [1.807, 2.05) is 26.0 Å². The molecule has 0 unspecified atom stereocenters. The third kappa shape index (κ3) is 4.40. The van der Waals surface area contributed by atoms with Crippen LogP contribution in [-0.4, -0.2) is 28.0 Å². The first-order valence-corrected chi connectivity index (χ1v) is 9.71. The van der Waals surface area contributed by atoms with E-state index in [9.17, 15) is 19.7 Å². The summed E-state index contributed by atoms with van der Waals surface area (Å²) in [6.45, 7) is 5.83. The molecule has 1 amide bonds. The maximum absolute atomic E-state index is 12.7. The van der Waals surface area contributed by atoms with Gasteiger partial charge in [-0.1, -0.05) is 17.4 Å². The molecule has 0 saturated heterocycles. The van der Waals surface area contributed by atoms with E-state index in [0.29, 0.717) is 4.80 Å². The molecule has 0 saturated carbocycles. The number of thiazole rings is 1. The number of amides is 1. The number of carbonyl (C=O) groups is 2. The van der Waals surface area contributed by atoms with E-state index in [2.05, 4.69) is 4.99 Å². The van der Waals surface area contributed by atoms with E-state index in [1.165, 1.54) is 35.6 Å². The lowest BCUT2D eigenvalue weighted by Gasteiger charge is -2.06. The Balaban J connectivity index is 2.14. The van der Waals surface area contributed by atoms with Crippen LogP contribution in [0, 0.1) is 24.0 Å². The molecule has 1 heterocycles. The van der Waals surface area contributed by atoms with Gasteiger partial charge in [0.25, 0.3) is 11.6 Å². The van der Waals surface area contributed by atoms with Crippen molar-refractivity contribution >= 4 is 39.1 Å². The Hall–Kier alpha value is -3.33. The molecule has 0 bridgehead atoms. The predicted octanol–water partition coefficient (Wildman–Crippen LogP) is 3.53. The Bertz CT molecular complexity index is 1190. The lowest BCUT2D eigenvalue weighted by atomic mass is 10.1. The maximum atomic E-state index is 12.7. The Kier molecular flexibility index (Phi) is 5.88. The fraction of sp³-hybridized carbons (Fsp3) is 0.250. The second-order valence-corrected chi connectivity index (χ2v) is 7.41. The molecule has 0 aliphatic rings. The standard InChI is InChI=1S/C20H19N3O5S/c1-4-28-18(24)11-22-16-8-12(2)13(3)9-17(16)29-20(22)21-19(25)14-6-5-7-15(10-14)23(26)27/h5-10H,4,11H2,1-3H3. The van der Waals surface area contributed by atoms with Crippen LogP contribution in [0.1, 0.15) is 28.4 Å². The molecule has 9 heteroatoms. The van der Waals surface area contributed by atoms with E-state index in [-0.39, 0.29) is 24.4 Å². The Morgan fingerprint density at radius 1 is 1.21 bits per heavy atom. The van der Waals surface area contributed by atoms with Gasteiger partial charge in [-0.25, -0.2) is 0 Å². The first-order valence-electron chi connectivity index (χ1n) is 8.90. The molecule has 0 spiro atoms. The minimum Gasteiger partial charge on any atom is -0.465 e. The summed E-state index contributed by atoms with van der Waals surface area (Å²) in [6.07, 6.45) is 0. The van der Waals surface area contributed by atoms with Gasteiger partial charge in [0.15, 0.2) is 4.80 Å². The first-order chi connectivity index (χ1) is 13.8. The Morgan fingerprint density at radius 3 is 2.62 bits per heavy atom. The summed E-state index contributed by atoms with van der Waals surface area (Å²) in [4.78, 5) is 39.6. The summed E-state index contributed by atoms with van der Waals surface area (Å²) in [7, 11) is 0. The number of benzene rings is 2. The summed E-state index contributed by atoms with van der Waals surface area (Å²) in [6, 6.07) is 9.32. The van der Waals surface area contributed by atoms with E-state index in [1.54, 1.807) is 11.5 Å². The third-order valence-electron chi connectivity index (χ3n) is 4.39. The average Bonchev–Trinajstić information content (AvgIpc) is 2.98. The number of nitro benzene ring substituents is 1. The molecule has 0 atom stereocenters. The third-order valence-corrected chi connectivity index (χ3v) is 5.43. The van der Waals surface area contributed by atoms with E-state index in [0.717, 1.165) is 21.3 Å². The van der Waals surface area contributed by atoms with Crippen molar-refractivity contribution in [2.45, 2.75) is 27.3 Å². The van der Waals surface area contributed by atoms with Gasteiger partial charge in [-0.2, -0.15) is 4.99 Å². The predicted molar refractivity (Wildman–Crippen MR) is 109 cm³/mol. The van der Waals surface area contributed by atoms with Crippen LogP contribution in [0.25, 0.3) is 10.2 Å². The molecule has 3 rings (SSSR count). The van der Waals surface area contributed by atoms with Crippen LogP contribution in [0.2, 0.25) is 0 Å². The molecule has 0 fully saturated rings. The van der Waals surface area contributed by atoms with Crippen molar-refractivity contribution in [2.24, 2.45) is 4.99 Å². The number of nitro groups is 1. The topological polar surface area (TPSA) is 104 Å². The van der Waals surface area contributed by atoms with Gasteiger partial charge >= 0.3 is 5.97 Å². The molecular formula is C20H19N3O5S. The minimum atomic E-state index is -0.619. The van der Waals surface area contributed by atoms with Crippen molar-refractivity contribution in [1.29, 1.82) is 0 Å². The molecule has 3 aromatic rings. The van der Waals surface area contributed by atoms with Crippen molar-refractivity contribution in [1.82, 2.24) is 4.57 Å². The molecule has 150 valence electrons. The normalized spacial score (nSPS) is 11.6. The number of aromatic nitrogens is 1. The number of carbonyl (C=O) groups excluding carboxylic acids is 2. The van der Waals surface area contributed by atoms with Gasteiger partial charge in [0.2, 0.25) is 0 Å². The number of hydrogen-bond acceptors (Lipinski definition) is 6. The van der Waals surface area contributed by atoms with Gasteiger partial charge in [0.1, 0.15) is 6.54 Å². The number of ether oxygens (including phenoxy) is 1. The van der Waals surface area contributed by atoms with Crippen molar-refractivity contribution in [3.05, 3.63) is 68.0 Å². The largest absolute Gasteiger partial charge is 0.465 e. The summed E-state index contributed by atoms with van der Waals surface area (Å²) < 4.78 is 7.56. The summed E-state index contributed by atoms with van der Waals surface area (Å²) in [5.41, 5.74) is 2.82. The number of aryl methyl sites for hydroxylation is 2. The monoisotopic (exact) mass is 413 g/mol. The van der Waals surface area contributed by atoms with E-state index >= 15 is 0 Å². The number of fused-ring (bicyclic) bond motifs is 1. The van der Waals surface area contributed by atoms with Crippen molar-refractivity contribution in [2.75, 3.05) is 6.61 Å². The zero-order valence-corrected chi connectivity index (χ0v) is 17.0. The van der Waals surface area contributed by atoms with Gasteiger partial charge in [0, 0.05) is 17.7 Å². The van der Waals surface area contributed by atoms with Crippen molar-refractivity contribution < 1.29 is 19.2 Å². The van der Waals surface area contributed by atoms with Gasteiger partial charge in [0.05, 0.1) is 21.7 Å². The lowest BCUT2D eigenvalue weighted by molar-refractivity contribution is -0.384. The highest BCUT2D eigenvalue weighted by Gasteiger charge is 2.15. The van der Waals surface area contributed by atoms with Crippen LogP contribution in [0.3, 0.4) is 0 Å². The van der Waals surface area contributed by atoms with Crippen molar-refractivity contribution in [3.63, 3.8) is 0 Å². The molecule has 29 heavy (non-hydrogen) atoms. The smallest absolute Gasteiger partial charge is 0.326 e. The van der Waals surface area contributed by atoms with E-state index in [4.69, 9.17) is 4.74 Å². The van der Waals surface area contributed by atoms with Crippen LogP contribution in [0.15, 0.2) is 41.4 Å². The zero-order chi connectivity index (χ0) is 21.1. The highest BCUT2D eigenvalue weighted by Crippen LogP contribution is 2.22. The fourth-order valence-corrected chi connectivity index (χ4v) is 3.91. The molecule has 2 aromatic carbocycles. The SMILES string of the molecule is CCOC(=O)Cn1c(=NC(=O)c2cccc([N+](=O)[O-])c2)sc2cc(C)c(C)cc21. The summed E-state index contributed by atoms with van der Waals surface area (Å²) in [5, 5.41) is 11.0. The zero-order valence-electron chi connectivity index (χ0n) is 16.2. The van der Waals surface area contributed by atoms with Crippen LogP contribution < -0.4 is 4.80 Å². The quantitative estimate of drug-likeness (QED) is 0.362.